The number of carbonyl (C=O) groups is 1. The molecule has 1 atom stereocenters. The van der Waals surface area contributed by atoms with E-state index < -0.39 is 0 Å². The lowest BCUT2D eigenvalue weighted by Crippen LogP contribution is -2.29. The van der Waals surface area contributed by atoms with E-state index in [1.165, 1.54) is 0 Å². The number of hydrogen-bond acceptors (Lipinski definition) is 4. The van der Waals surface area contributed by atoms with Gasteiger partial charge in [-0.2, -0.15) is 0 Å². The molecule has 4 nitrogen and oxygen atoms in total. The topological polar surface area (TPSA) is 49.8 Å². The molecule has 0 bridgehead atoms. The number of ether oxygens (including phenoxy) is 1. The molecule has 0 spiro atoms. The summed E-state index contributed by atoms with van der Waals surface area (Å²) in [6.07, 6.45) is 7.97. The Hall–Kier alpha value is -1.91. The fourth-order valence-corrected chi connectivity index (χ4v) is 2.15. The van der Waals surface area contributed by atoms with Crippen LogP contribution in [-0.4, -0.2) is 36.1 Å². The summed E-state index contributed by atoms with van der Waals surface area (Å²) in [5, 5.41) is 7.00. The second-order valence-electron chi connectivity index (χ2n) is 4.26. The van der Waals surface area contributed by atoms with E-state index in [1.54, 1.807) is 12.3 Å². The van der Waals surface area contributed by atoms with E-state index in [-0.39, 0.29) is 6.10 Å². The van der Waals surface area contributed by atoms with E-state index in [4.69, 9.17) is 9.84 Å². The zero-order valence-electron chi connectivity index (χ0n) is 13.3. The molecule has 1 aliphatic heterocycles. The van der Waals surface area contributed by atoms with Crippen LogP contribution in [0.3, 0.4) is 0 Å². The third kappa shape index (κ3) is 4.55. The van der Waals surface area contributed by atoms with Crippen molar-refractivity contribution in [3.63, 3.8) is 0 Å². The molecule has 1 rings (SSSR count). The minimum Gasteiger partial charge on any atom is -0.400 e. The first-order chi connectivity index (χ1) is 10.1. The number of aliphatic hydroxyl groups is 1. The fraction of sp³-hybridized carbons (Fsp3) is 0.353. The SMILES string of the molecule is C=CCOC(C)C1=C(C)C(C=O)=C/C(=C/C)N1C=C.CO. The van der Waals surface area contributed by atoms with Crippen LogP contribution in [-0.2, 0) is 9.53 Å². The molecule has 0 saturated heterocycles. The van der Waals surface area contributed by atoms with Crippen LogP contribution in [0.1, 0.15) is 20.8 Å². The molecule has 1 aliphatic rings. The van der Waals surface area contributed by atoms with E-state index in [0.717, 1.165) is 30.4 Å². The molecule has 0 fully saturated rings. The summed E-state index contributed by atoms with van der Waals surface area (Å²) in [5.74, 6) is 0. The Balaban J connectivity index is 0.00000191. The first-order valence-corrected chi connectivity index (χ1v) is 6.74. The second-order valence-corrected chi connectivity index (χ2v) is 4.26. The Bertz CT molecular complexity index is 472. The van der Waals surface area contributed by atoms with Gasteiger partial charge in [-0.25, -0.2) is 0 Å². The molecule has 1 unspecified atom stereocenters. The Morgan fingerprint density at radius 3 is 2.48 bits per heavy atom. The molecule has 1 N–H and O–H groups in total. The van der Waals surface area contributed by atoms with Crippen LogP contribution >= 0.6 is 0 Å². The highest BCUT2D eigenvalue weighted by atomic mass is 16.5. The maximum atomic E-state index is 11.2. The first kappa shape index (κ1) is 19.1. The van der Waals surface area contributed by atoms with Crippen molar-refractivity contribution >= 4 is 6.29 Å². The average Bonchev–Trinajstić information content (AvgIpc) is 2.53. The monoisotopic (exact) mass is 291 g/mol. The summed E-state index contributed by atoms with van der Waals surface area (Å²) in [5.41, 5.74) is 3.45. The Morgan fingerprint density at radius 2 is 2.05 bits per heavy atom. The van der Waals surface area contributed by atoms with Crippen LogP contribution in [0, 0.1) is 0 Å². The number of nitrogens with zero attached hydrogens (tertiary/aromatic N) is 1. The number of hydrogen-bond donors (Lipinski definition) is 1. The lowest BCUT2D eigenvalue weighted by molar-refractivity contribution is -0.104. The number of rotatable bonds is 6. The molecule has 0 aromatic heterocycles. The Morgan fingerprint density at radius 1 is 1.43 bits per heavy atom. The zero-order valence-corrected chi connectivity index (χ0v) is 13.3. The highest BCUT2D eigenvalue weighted by molar-refractivity contribution is 5.82. The molecule has 0 amide bonds. The normalized spacial score (nSPS) is 17.7. The van der Waals surface area contributed by atoms with Crippen molar-refractivity contribution in [1.29, 1.82) is 0 Å². The second kappa shape index (κ2) is 9.91. The fourth-order valence-electron chi connectivity index (χ4n) is 2.15. The third-order valence-electron chi connectivity index (χ3n) is 3.11. The first-order valence-electron chi connectivity index (χ1n) is 6.74. The molecular weight excluding hydrogens is 266 g/mol. The minimum absolute atomic E-state index is 0.144. The maximum Gasteiger partial charge on any atom is 0.150 e. The third-order valence-corrected chi connectivity index (χ3v) is 3.11. The van der Waals surface area contributed by atoms with Gasteiger partial charge in [-0.3, -0.25) is 4.79 Å². The standard InChI is InChI=1S/C16H21NO2.CH4O/c1-6-9-19-13(5)16-12(4)14(11-18)10-15(7-2)17(16)8-3;1-2/h6-8,10-11,13H,1,3,9H2,2,4-5H3;2H,1H3/b15-7-;. The molecular formula is C17H25NO3. The summed E-state index contributed by atoms with van der Waals surface area (Å²) in [6.45, 7) is 13.8. The van der Waals surface area contributed by atoms with Gasteiger partial charge < -0.3 is 14.7 Å². The van der Waals surface area contributed by atoms with Gasteiger partial charge in [-0.05, 0) is 32.4 Å². The summed E-state index contributed by atoms with van der Waals surface area (Å²) >= 11 is 0. The van der Waals surface area contributed by atoms with Gasteiger partial charge in [0, 0.05) is 24.6 Å². The number of aliphatic hydroxyl groups excluding tert-OH is 1. The van der Waals surface area contributed by atoms with Crippen LogP contribution in [0.25, 0.3) is 0 Å². The Labute approximate surface area is 127 Å². The van der Waals surface area contributed by atoms with Gasteiger partial charge in [-0.1, -0.05) is 18.7 Å². The molecule has 116 valence electrons. The number of carbonyl (C=O) groups excluding carboxylic acids is 1. The lowest BCUT2D eigenvalue weighted by Gasteiger charge is -2.33. The summed E-state index contributed by atoms with van der Waals surface area (Å²) in [6, 6.07) is 0. The molecule has 0 aromatic rings. The van der Waals surface area contributed by atoms with Gasteiger partial charge in [0.05, 0.1) is 18.4 Å². The van der Waals surface area contributed by atoms with Crippen molar-refractivity contribution < 1.29 is 14.6 Å². The van der Waals surface area contributed by atoms with Crippen molar-refractivity contribution in [1.82, 2.24) is 4.90 Å². The lowest BCUT2D eigenvalue weighted by atomic mass is 9.97. The van der Waals surface area contributed by atoms with E-state index in [1.807, 2.05) is 37.8 Å². The summed E-state index contributed by atoms with van der Waals surface area (Å²) in [4.78, 5) is 13.1. The van der Waals surface area contributed by atoms with Crippen molar-refractivity contribution in [2.24, 2.45) is 0 Å². The molecule has 1 heterocycles. The summed E-state index contributed by atoms with van der Waals surface area (Å²) < 4.78 is 5.68. The minimum atomic E-state index is -0.144. The van der Waals surface area contributed by atoms with Crippen LogP contribution in [0.5, 0.6) is 0 Å². The van der Waals surface area contributed by atoms with E-state index >= 15 is 0 Å². The van der Waals surface area contributed by atoms with Crippen molar-refractivity contribution in [3.8, 4) is 0 Å². The quantitative estimate of drug-likeness (QED) is 0.604. The van der Waals surface area contributed by atoms with Crippen LogP contribution in [0.15, 0.2) is 60.1 Å². The van der Waals surface area contributed by atoms with E-state index in [0.29, 0.717) is 12.2 Å². The van der Waals surface area contributed by atoms with Gasteiger partial charge in [0.25, 0.3) is 0 Å². The van der Waals surface area contributed by atoms with Crippen LogP contribution in [0.4, 0.5) is 0 Å². The highest BCUT2D eigenvalue weighted by Gasteiger charge is 2.25. The number of allylic oxidation sites excluding steroid dienone is 4. The molecule has 0 saturated carbocycles. The van der Waals surface area contributed by atoms with Crippen LogP contribution < -0.4 is 0 Å². The van der Waals surface area contributed by atoms with Crippen molar-refractivity contribution in [3.05, 3.63) is 60.1 Å². The summed E-state index contributed by atoms with van der Waals surface area (Å²) in [7, 11) is 1.00. The van der Waals surface area contributed by atoms with E-state index in [9.17, 15) is 4.79 Å². The van der Waals surface area contributed by atoms with E-state index in [2.05, 4.69) is 13.2 Å². The van der Waals surface area contributed by atoms with Crippen molar-refractivity contribution in [2.45, 2.75) is 26.9 Å². The smallest absolute Gasteiger partial charge is 0.150 e. The maximum absolute atomic E-state index is 11.2. The zero-order chi connectivity index (χ0) is 16.4. The average molecular weight is 291 g/mol. The largest absolute Gasteiger partial charge is 0.400 e. The predicted octanol–water partition coefficient (Wildman–Crippen LogP) is 2.95. The van der Waals surface area contributed by atoms with Gasteiger partial charge in [0.15, 0.2) is 0 Å². The number of aldehydes is 1. The van der Waals surface area contributed by atoms with Gasteiger partial charge in [0.2, 0.25) is 0 Å². The van der Waals surface area contributed by atoms with Crippen molar-refractivity contribution in [2.75, 3.05) is 13.7 Å². The predicted molar refractivity (Wildman–Crippen MR) is 86.4 cm³/mol. The van der Waals surface area contributed by atoms with Crippen LogP contribution in [0.2, 0.25) is 0 Å². The van der Waals surface area contributed by atoms with Gasteiger partial charge in [-0.15, -0.1) is 6.58 Å². The Kier molecular flexibility index (Phi) is 9.01. The molecule has 0 aliphatic carbocycles. The molecule has 0 radical (unpaired) electrons. The molecule has 0 aromatic carbocycles. The molecule has 4 heteroatoms. The molecule has 21 heavy (non-hydrogen) atoms. The van der Waals surface area contributed by atoms with Gasteiger partial charge in [0.1, 0.15) is 6.29 Å². The van der Waals surface area contributed by atoms with Gasteiger partial charge >= 0.3 is 0 Å². The highest BCUT2D eigenvalue weighted by Crippen LogP contribution is 2.31.